The van der Waals surface area contributed by atoms with Gasteiger partial charge in [-0.1, -0.05) is 18.2 Å². The van der Waals surface area contributed by atoms with Crippen LogP contribution in [0.3, 0.4) is 0 Å². The van der Waals surface area contributed by atoms with E-state index in [-0.39, 0.29) is 12.5 Å². The van der Waals surface area contributed by atoms with Gasteiger partial charge in [0.2, 0.25) is 7.75 Å². The summed E-state index contributed by atoms with van der Waals surface area (Å²) in [5, 5.41) is 22.9. The molecule has 0 fully saturated rings. The number of carbonyl (C=O) groups is 3. The largest absolute Gasteiger partial charge is 0.766 e. The van der Waals surface area contributed by atoms with Crippen molar-refractivity contribution in [1.29, 1.82) is 0 Å². The molecule has 0 saturated heterocycles. The molecule has 144 valence electrons. The number of rotatable bonds is 11. The monoisotopic (exact) mass is 385 g/mol. The molecule has 1 rings (SSSR count). The lowest BCUT2D eigenvalue weighted by Gasteiger charge is -2.30. The Bertz CT molecular complexity index is 681. The number of nitrogens with one attached hydrogen (secondary N) is 1. The van der Waals surface area contributed by atoms with E-state index in [1.165, 1.54) is 11.9 Å². The van der Waals surface area contributed by atoms with Crippen molar-refractivity contribution in [2.75, 3.05) is 20.2 Å². The molecule has 26 heavy (non-hydrogen) atoms. The second-order valence-corrected chi connectivity index (χ2v) is 6.85. The molecule has 0 spiro atoms. The van der Waals surface area contributed by atoms with Gasteiger partial charge in [0.05, 0.1) is 18.6 Å². The molecule has 0 aliphatic rings. The normalized spacial score (nSPS) is 14.2. The first-order valence-electron chi connectivity index (χ1n) is 7.57. The molecule has 1 aromatic carbocycles. The maximum Gasteiger partial charge on any atom is 0.253 e. The van der Waals surface area contributed by atoms with Gasteiger partial charge in [-0.15, -0.1) is 0 Å². The molecular weight excluding hydrogens is 367 g/mol. The quantitative estimate of drug-likeness (QED) is 0.405. The first kappa shape index (κ1) is 21.8. The minimum Gasteiger partial charge on any atom is -0.766 e. The third-order valence-corrected chi connectivity index (χ3v) is 4.44. The Morgan fingerprint density at radius 2 is 1.85 bits per heavy atom. The molecule has 1 aromatic rings. The van der Waals surface area contributed by atoms with Gasteiger partial charge in [0.1, 0.15) is 0 Å². The maximum absolute atomic E-state index is 12.1. The third-order valence-electron chi connectivity index (χ3n) is 3.29. The highest BCUT2D eigenvalue weighted by atomic mass is 31.2. The van der Waals surface area contributed by atoms with Crippen molar-refractivity contribution in [2.45, 2.75) is 18.9 Å². The molecular formula is C15H18N2O8P-3. The predicted octanol–water partition coefficient (Wildman–Crippen LogP) is -2.52. The second kappa shape index (κ2) is 10.0. The standard InChI is InChI=1S/C15H21N2O8P/c1-17(14(20)11-5-3-2-4-6-11)9-10-25-26(23,24)16-12(15(21)22)7-8-13(18)19/h2-6,12H,7-10H2,1H3,(H,18,19)(H,21,22)(H2,16,23,24)/p-3/t12-/m0/s1. The molecule has 0 aliphatic carbocycles. The predicted molar refractivity (Wildman–Crippen MR) is 83.1 cm³/mol. The van der Waals surface area contributed by atoms with Crippen LogP contribution in [0.4, 0.5) is 0 Å². The summed E-state index contributed by atoms with van der Waals surface area (Å²) >= 11 is 0. The average Bonchev–Trinajstić information content (AvgIpc) is 2.58. The topological polar surface area (TPSA) is 162 Å². The van der Waals surface area contributed by atoms with Gasteiger partial charge in [-0.05, 0) is 25.0 Å². The number of carbonyl (C=O) groups excluding carboxylic acids is 3. The van der Waals surface area contributed by atoms with Crippen LogP contribution in [0.1, 0.15) is 23.2 Å². The molecule has 1 unspecified atom stereocenters. The molecule has 0 aromatic heterocycles. The molecule has 1 N–H and O–H groups in total. The highest BCUT2D eigenvalue weighted by Gasteiger charge is 2.18. The minimum atomic E-state index is -4.79. The highest BCUT2D eigenvalue weighted by Crippen LogP contribution is 2.32. The first-order chi connectivity index (χ1) is 12.1. The van der Waals surface area contributed by atoms with Gasteiger partial charge in [0, 0.05) is 25.1 Å². The Hall–Kier alpha value is -2.26. The van der Waals surface area contributed by atoms with Crippen molar-refractivity contribution in [2.24, 2.45) is 0 Å². The number of carboxylic acids is 2. The van der Waals surface area contributed by atoms with Crippen LogP contribution < -0.4 is 20.2 Å². The van der Waals surface area contributed by atoms with Gasteiger partial charge in [0.15, 0.2) is 0 Å². The van der Waals surface area contributed by atoms with E-state index in [4.69, 9.17) is 0 Å². The molecule has 10 nitrogen and oxygen atoms in total. The van der Waals surface area contributed by atoms with Crippen LogP contribution in [0.2, 0.25) is 0 Å². The lowest BCUT2D eigenvalue weighted by molar-refractivity contribution is -0.310. The van der Waals surface area contributed by atoms with Crippen molar-refractivity contribution in [3.05, 3.63) is 35.9 Å². The number of hydrogen-bond acceptors (Lipinski definition) is 8. The second-order valence-electron chi connectivity index (χ2n) is 5.33. The summed E-state index contributed by atoms with van der Waals surface area (Å²) in [6.45, 7) is -0.486. The number of aliphatic carboxylic acids is 2. The average molecular weight is 385 g/mol. The smallest absolute Gasteiger partial charge is 0.253 e. The summed E-state index contributed by atoms with van der Waals surface area (Å²) in [6.07, 6.45) is -1.22. The molecule has 0 saturated carbocycles. The van der Waals surface area contributed by atoms with Crippen LogP contribution in [0.25, 0.3) is 0 Å². The molecule has 0 aliphatic heterocycles. The van der Waals surface area contributed by atoms with Crippen LogP contribution in [0.15, 0.2) is 30.3 Å². The fourth-order valence-corrected chi connectivity index (χ4v) is 2.94. The number of benzene rings is 1. The SMILES string of the molecule is CN(CCOP(=O)([O-])N[C@@H](CCC(=O)[O-])C(=O)[O-])C(=O)c1ccccc1. The Morgan fingerprint density at radius 1 is 1.23 bits per heavy atom. The zero-order valence-corrected chi connectivity index (χ0v) is 14.8. The van der Waals surface area contributed by atoms with E-state index in [0.29, 0.717) is 5.56 Å². The zero-order chi connectivity index (χ0) is 19.7. The number of nitrogens with zero attached hydrogens (tertiary/aromatic N) is 1. The van der Waals surface area contributed by atoms with E-state index >= 15 is 0 Å². The molecule has 0 heterocycles. The Kier molecular flexibility index (Phi) is 8.40. The summed E-state index contributed by atoms with van der Waals surface area (Å²) in [7, 11) is -3.34. The van der Waals surface area contributed by atoms with Crippen LogP contribution in [0.5, 0.6) is 0 Å². The van der Waals surface area contributed by atoms with E-state index in [2.05, 4.69) is 4.52 Å². The fourth-order valence-electron chi connectivity index (χ4n) is 1.93. The van der Waals surface area contributed by atoms with Gasteiger partial charge < -0.3 is 34.1 Å². The Morgan fingerprint density at radius 3 is 2.38 bits per heavy atom. The number of amides is 1. The van der Waals surface area contributed by atoms with Gasteiger partial charge >= 0.3 is 0 Å². The summed E-state index contributed by atoms with van der Waals surface area (Å²) in [4.78, 5) is 46.3. The Labute approximate surface area is 150 Å². The van der Waals surface area contributed by atoms with E-state index in [1.807, 2.05) is 0 Å². The van der Waals surface area contributed by atoms with Gasteiger partial charge in [-0.25, -0.2) is 5.09 Å². The summed E-state index contributed by atoms with van der Waals surface area (Å²) < 4.78 is 16.4. The molecule has 0 bridgehead atoms. The highest BCUT2D eigenvalue weighted by molar-refractivity contribution is 7.49. The lowest BCUT2D eigenvalue weighted by Crippen LogP contribution is -2.46. The molecule has 11 heteroatoms. The first-order valence-corrected chi connectivity index (χ1v) is 9.11. The molecule has 0 radical (unpaired) electrons. The van der Waals surface area contributed by atoms with Crippen LogP contribution in [-0.4, -0.2) is 49.0 Å². The number of carboxylic acid groups (broad SMARTS) is 2. The van der Waals surface area contributed by atoms with Crippen molar-refractivity contribution in [3.8, 4) is 0 Å². The molecule has 2 atom stereocenters. The van der Waals surface area contributed by atoms with E-state index < -0.39 is 45.2 Å². The fraction of sp³-hybridized carbons (Fsp3) is 0.400. The van der Waals surface area contributed by atoms with Crippen molar-refractivity contribution in [3.63, 3.8) is 0 Å². The van der Waals surface area contributed by atoms with Gasteiger partial charge in [0.25, 0.3) is 5.91 Å². The van der Waals surface area contributed by atoms with Crippen molar-refractivity contribution in [1.82, 2.24) is 9.99 Å². The minimum absolute atomic E-state index is 0.0727. The van der Waals surface area contributed by atoms with E-state index in [1.54, 1.807) is 35.4 Å². The van der Waals surface area contributed by atoms with Gasteiger partial charge in [-0.2, -0.15) is 0 Å². The number of likely N-dealkylation sites (N-methyl/N-ethyl adjacent to an activating group) is 1. The van der Waals surface area contributed by atoms with Crippen LogP contribution in [-0.2, 0) is 18.7 Å². The summed E-state index contributed by atoms with van der Waals surface area (Å²) in [6, 6.07) is 6.54. The van der Waals surface area contributed by atoms with E-state index in [9.17, 15) is 34.1 Å². The lowest BCUT2D eigenvalue weighted by atomic mass is 10.2. The van der Waals surface area contributed by atoms with Gasteiger partial charge in [-0.3, -0.25) is 9.36 Å². The summed E-state index contributed by atoms with van der Waals surface area (Å²) in [5.41, 5.74) is 0.415. The van der Waals surface area contributed by atoms with Crippen LogP contribution in [0, 0.1) is 0 Å². The third kappa shape index (κ3) is 7.75. The van der Waals surface area contributed by atoms with Crippen molar-refractivity contribution >= 4 is 25.6 Å². The molecule has 1 amide bonds. The van der Waals surface area contributed by atoms with E-state index in [0.717, 1.165) is 0 Å². The number of hydrogen-bond donors (Lipinski definition) is 1. The zero-order valence-electron chi connectivity index (χ0n) is 14.0. The maximum atomic E-state index is 12.1. The van der Waals surface area contributed by atoms with Crippen molar-refractivity contribution < 1.29 is 38.6 Å². The van der Waals surface area contributed by atoms with Crippen LogP contribution >= 0.6 is 7.75 Å². The Balaban J connectivity index is 2.51. The summed E-state index contributed by atoms with van der Waals surface area (Å²) in [5.74, 6) is -3.66.